The first-order chi connectivity index (χ1) is 9.60. The summed E-state index contributed by atoms with van der Waals surface area (Å²) in [5.41, 5.74) is -0.426. The number of carbonyl (C=O) groups excluding carboxylic acids is 1. The number of carbonyl (C=O) groups is 2. The van der Waals surface area contributed by atoms with E-state index in [0.717, 1.165) is 12.1 Å². The molecular formula is C15H20FNO4. The standard InChI is InChI=1S/C15H20FNO4/c1-15(2,3)7-9(14(20)21)8-17-13(19)11-5-4-10(18)6-12(11)16/h4-6,9,18H,7-8H2,1-3H3,(H,17,19)(H,20,21). The van der Waals surface area contributed by atoms with Gasteiger partial charge in [-0.2, -0.15) is 0 Å². The number of hydrogen-bond acceptors (Lipinski definition) is 3. The number of carboxylic acids is 1. The second-order valence-corrected chi connectivity index (χ2v) is 6.17. The molecule has 0 aromatic heterocycles. The van der Waals surface area contributed by atoms with Crippen LogP contribution in [0.25, 0.3) is 0 Å². The van der Waals surface area contributed by atoms with Crippen LogP contribution in [0, 0.1) is 17.2 Å². The van der Waals surface area contributed by atoms with E-state index in [1.54, 1.807) is 0 Å². The maximum atomic E-state index is 13.5. The molecule has 1 aromatic rings. The van der Waals surface area contributed by atoms with E-state index in [1.165, 1.54) is 6.07 Å². The SMILES string of the molecule is CC(C)(C)CC(CNC(=O)c1ccc(O)cc1F)C(=O)O. The van der Waals surface area contributed by atoms with Crippen molar-refractivity contribution in [1.29, 1.82) is 0 Å². The molecule has 1 amide bonds. The first kappa shape index (κ1) is 16.9. The summed E-state index contributed by atoms with van der Waals surface area (Å²) in [6.07, 6.45) is 0.390. The van der Waals surface area contributed by atoms with E-state index in [1.807, 2.05) is 20.8 Å². The molecular weight excluding hydrogens is 277 g/mol. The van der Waals surface area contributed by atoms with E-state index >= 15 is 0 Å². The number of phenolic OH excluding ortho intramolecular Hbond substituents is 1. The van der Waals surface area contributed by atoms with Gasteiger partial charge in [0, 0.05) is 12.6 Å². The van der Waals surface area contributed by atoms with Gasteiger partial charge in [-0.1, -0.05) is 20.8 Å². The van der Waals surface area contributed by atoms with Crippen LogP contribution in [0.15, 0.2) is 18.2 Å². The molecule has 1 unspecified atom stereocenters. The van der Waals surface area contributed by atoms with Crippen LogP contribution in [-0.4, -0.2) is 28.6 Å². The zero-order valence-electron chi connectivity index (χ0n) is 12.3. The summed E-state index contributed by atoms with van der Waals surface area (Å²) in [6, 6.07) is 3.18. The van der Waals surface area contributed by atoms with Gasteiger partial charge in [0.2, 0.25) is 0 Å². The Morgan fingerprint density at radius 1 is 1.33 bits per heavy atom. The molecule has 0 saturated carbocycles. The van der Waals surface area contributed by atoms with Crippen molar-refractivity contribution in [2.45, 2.75) is 27.2 Å². The zero-order valence-corrected chi connectivity index (χ0v) is 12.3. The molecule has 0 radical (unpaired) electrons. The van der Waals surface area contributed by atoms with Gasteiger partial charge < -0.3 is 15.5 Å². The predicted octanol–water partition coefficient (Wildman–Crippen LogP) is 2.40. The topological polar surface area (TPSA) is 86.6 Å². The highest BCUT2D eigenvalue weighted by molar-refractivity contribution is 5.94. The molecule has 5 nitrogen and oxygen atoms in total. The Labute approximate surface area is 122 Å². The van der Waals surface area contributed by atoms with Gasteiger partial charge in [-0.15, -0.1) is 0 Å². The summed E-state index contributed by atoms with van der Waals surface area (Å²) in [5, 5.41) is 20.7. The number of amides is 1. The number of hydrogen-bond donors (Lipinski definition) is 3. The minimum atomic E-state index is -1.00. The number of phenols is 1. The van der Waals surface area contributed by atoms with Crippen molar-refractivity contribution in [2.24, 2.45) is 11.3 Å². The van der Waals surface area contributed by atoms with Crippen molar-refractivity contribution in [2.75, 3.05) is 6.54 Å². The summed E-state index contributed by atoms with van der Waals surface area (Å²) in [7, 11) is 0. The fourth-order valence-electron chi connectivity index (χ4n) is 1.99. The molecule has 0 heterocycles. The monoisotopic (exact) mass is 297 g/mol. The lowest BCUT2D eigenvalue weighted by molar-refractivity contribution is -0.142. The molecule has 1 aromatic carbocycles. The minimum absolute atomic E-state index is 0.0776. The smallest absolute Gasteiger partial charge is 0.308 e. The second-order valence-electron chi connectivity index (χ2n) is 6.17. The first-order valence-electron chi connectivity index (χ1n) is 6.59. The Morgan fingerprint density at radius 2 is 1.95 bits per heavy atom. The normalized spacial score (nSPS) is 12.8. The Bertz CT molecular complexity index is 537. The molecule has 0 aliphatic carbocycles. The van der Waals surface area contributed by atoms with E-state index in [0.29, 0.717) is 6.42 Å². The largest absolute Gasteiger partial charge is 0.508 e. The van der Waals surface area contributed by atoms with Gasteiger partial charge in [-0.3, -0.25) is 9.59 Å². The lowest BCUT2D eigenvalue weighted by Crippen LogP contribution is -2.35. The first-order valence-corrected chi connectivity index (χ1v) is 6.59. The summed E-state index contributed by atoms with van der Waals surface area (Å²) < 4.78 is 13.5. The van der Waals surface area contributed by atoms with Crippen LogP contribution < -0.4 is 5.32 Å². The van der Waals surface area contributed by atoms with E-state index in [9.17, 15) is 14.0 Å². The highest BCUT2D eigenvalue weighted by Crippen LogP contribution is 2.24. The van der Waals surface area contributed by atoms with Gasteiger partial charge >= 0.3 is 5.97 Å². The van der Waals surface area contributed by atoms with Crippen LogP contribution in [0.2, 0.25) is 0 Å². The molecule has 1 rings (SSSR count). The Hall–Kier alpha value is -2.11. The van der Waals surface area contributed by atoms with Crippen LogP contribution in [0.1, 0.15) is 37.6 Å². The van der Waals surface area contributed by atoms with Crippen LogP contribution in [0.4, 0.5) is 4.39 Å². The van der Waals surface area contributed by atoms with Crippen molar-refractivity contribution in [1.82, 2.24) is 5.32 Å². The lowest BCUT2D eigenvalue weighted by atomic mass is 9.84. The zero-order chi connectivity index (χ0) is 16.2. The van der Waals surface area contributed by atoms with Crippen molar-refractivity contribution < 1.29 is 24.2 Å². The Kier molecular flexibility index (Phi) is 5.29. The van der Waals surface area contributed by atoms with Gasteiger partial charge in [0.1, 0.15) is 11.6 Å². The molecule has 3 N–H and O–H groups in total. The minimum Gasteiger partial charge on any atom is -0.508 e. The van der Waals surface area contributed by atoms with Gasteiger partial charge in [0.05, 0.1) is 11.5 Å². The maximum absolute atomic E-state index is 13.5. The molecule has 0 saturated heterocycles. The third kappa shape index (κ3) is 5.41. The number of halogens is 1. The Balaban J connectivity index is 2.71. The summed E-state index contributed by atoms with van der Waals surface area (Å²) in [6.45, 7) is 5.64. The fourth-order valence-corrected chi connectivity index (χ4v) is 1.99. The molecule has 0 fully saturated rings. The quantitative estimate of drug-likeness (QED) is 0.779. The molecule has 21 heavy (non-hydrogen) atoms. The number of rotatable bonds is 5. The Morgan fingerprint density at radius 3 is 2.43 bits per heavy atom. The predicted molar refractivity (Wildman–Crippen MR) is 75.6 cm³/mol. The van der Waals surface area contributed by atoms with Gasteiger partial charge in [0.25, 0.3) is 5.91 Å². The third-order valence-electron chi connectivity index (χ3n) is 2.91. The average Bonchev–Trinajstić information content (AvgIpc) is 2.32. The molecule has 0 spiro atoms. The molecule has 0 aliphatic heterocycles. The third-order valence-corrected chi connectivity index (χ3v) is 2.91. The highest BCUT2D eigenvalue weighted by atomic mass is 19.1. The van der Waals surface area contributed by atoms with Crippen LogP contribution in [0.3, 0.4) is 0 Å². The van der Waals surface area contributed by atoms with Gasteiger partial charge in [0.15, 0.2) is 0 Å². The van der Waals surface area contributed by atoms with Crippen LogP contribution in [-0.2, 0) is 4.79 Å². The summed E-state index contributed by atoms with van der Waals surface area (Å²) in [5.74, 6) is -3.58. The molecule has 116 valence electrons. The van der Waals surface area contributed by atoms with Crippen molar-refractivity contribution in [3.63, 3.8) is 0 Å². The number of aliphatic carboxylic acids is 1. The van der Waals surface area contributed by atoms with E-state index < -0.39 is 23.6 Å². The molecule has 6 heteroatoms. The van der Waals surface area contributed by atoms with E-state index in [4.69, 9.17) is 10.2 Å². The number of nitrogens with one attached hydrogen (secondary N) is 1. The lowest BCUT2D eigenvalue weighted by Gasteiger charge is -2.23. The number of aromatic hydroxyl groups is 1. The fraction of sp³-hybridized carbons (Fsp3) is 0.467. The summed E-state index contributed by atoms with van der Waals surface area (Å²) in [4.78, 5) is 23.0. The van der Waals surface area contributed by atoms with E-state index in [2.05, 4.69) is 5.32 Å². The maximum Gasteiger partial charge on any atom is 0.308 e. The van der Waals surface area contributed by atoms with Gasteiger partial charge in [-0.05, 0) is 24.0 Å². The average molecular weight is 297 g/mol. The second kappa shape index (κ2) is 6.56. The number of benzene rings is 1. The van der Waals surface area contributed by atoms with Crippen LogP contribution >= 0.6 is 0 Å². The van der Waals surface area contributed by atoms with E-state index in [-0.39, 0.29) is 23.3 Å². The van der Waals surface area contributed by atoms with Crippen molar-refractivity contribution >= 4 is 11.9 Å². The van der Waals surface area contributed by atoms with Crippen molar-refractivity contribution in [3.8, 4) is 5.75 Å². The number of carboxylic acid groups (broad SMARTS) is 1. The van der Waals surface area contributed by atoms with Crippen molar-refractivity contribution in [3.05, 3.63) is 29.6 Å². The molecule has 1 atom stereocenters. The summed E-state index contributed by atoms with van der Waals surface area (Å²) >= 11 is 0. The van der Waals surface area contributed by atoms with Gasteiger partial charge in [-0.25, -0.2) is 4.39 Å². The molecule has 0 bridgehead atoms. The van der Waals surface area contributed by atoms with Crippen LogP contribution in [0.5, 0.6) is 5.75 Å². The molecule has 0 aliphatic rings. The highest BCUT2D eigenvalue weighted by Gasteiger charge is 2.25.